The van der Waals surface area contributed by atoms with Gasteiger partial charge in [-0.25, -0.2) is 4.98 Å². The van der Waals surface area contributed by atoms with Crippen LogP contribution < -0.4 is 20.1 Å². The molecule has 146 valence electrons. The van der Waals surface area contributed by atoms with E-state index in [1.54, 1.807) is 14.2 Å². The van der Waals surface area contributed by atoms with Crippen LogP contribution in [0.15, 0.2) is 54.6 Å². The van der Waals surface area contributed by atoms with Gasteiger partial charge in [-0.15, -0.1) is 0 Å². The topological polar surface area (TPSA) is 88.5 Å². The molecule has 1 aromatic heterocycles. The van der Waals surface area contributed by atoms with Crippen molar-refractivity contribution in [3.63, 3.8) is 0 Å². The van der Waals surface area contributed by atoms with Crippen molar-refractivity contribution in [2.75, 3.05) is 31.5 Å². The van der Waals surface area contributed by atoms with Crippen molar-refractivity contribution in [3.05, 3.63) is 54.6 Å². The number of nitrogens with one attached hydrogen (secondary N) is 2. The van der Waals surface area contributed by atoms with Crippen molar-refractivity contribution in [2.45, 2.75) is 13.0 Å². The quantitative estimate of drug-likeness (QED) is 0.549. The van der Waals surface area contributed by atoms with Gasteiger partial charge in [-0.1, -0.05) is 30.3 Å². The highest BCUT2D eigenvalue weighted by Gasteiger charge is 2.11. The molecule has 7 heteroatoms. The number of hydrogen-bond donors (Lipinski definition) is 3. The van der Waals surface area contributed by atoms with Crippen LogP contribution in [0.4, 0.5) is 17.5 Å². The molecule has 7 nitrogen and oxygen atoms in total. The molecule has 2 aromatic carbocycles. The van der Waals surface area contributed by atoms with E-state index >= 15 is 0 Å². The minimum atomic E-state index is -0.167. The van der Waals surface area contributed by atoms with E-state index in [9.17, 15) is 5.11 Å². The Labute approximate surface area is 164 Å². The van der Waals surface area contributed by atoms with Crippen LogP contribution in [0.5, 0.6) is 11.5 Å². The molecule has 3 aromatic rings. The first kappa shape index (κ1) is 19.4. The molecule has 0 aliphatic carbocycles. The summed E-state index contributed by atoms with van der Waals surface area (Å²) >= 11 is 0. The minimum absolute atomic E-state index is 0.0165. The minimum Gasteiger partial charge on any atom is -0.493 e. The van der Waals surface area contributed by atoms with Gasteiger partial charge in [-0.2, -0.15) is 4.98 Å². The Balaban J connectivity index is 1.96. The van der Waals surface area contributed by atoms with Gasteiger partial charge in [0.1, 0.15) is 5.82 Å². The van der Waals surface area contributed by atoms with E-state index in [0.717, 1.165) is 16.9 Å². The Hall–Kier alpha value is -3.32. The Morgan fingerprint density at radius 2 is 1.71 bits per heavy atom. The zero-order chi connectivity index (χ0) is 19.9. The van der Waals surface area contributed by atoms with Crippen molar-refractivity contribution in [3.8, 4) is 22.8 Å². The van der Waals surface area contributed by atoms with E-state index in [1.165, 1.54) is 0 Å². The number of nitrogens with zero attached hydrogens (tertiary/aromatic N) is 2. The van der Waals surface area contributed by atoms with E-state index in [-0.39, 0.29) is 12.6 Å². The van der Waals surface area contributed by atoms with E-state index in [2.05, 4.69) is 20.6 Å². The lowest BCUT2D eigenvalue weighted by Gasteiger charge is -2.15. The average Bonchev–Trinajstić information content (AvgIpc) is 2.74. The number of ether oxygens (including phenoxy) is 2. The fourth-order valence-corrected chi connectivity index (χ4v) is 2.66. The number of anilines is 3. The van der Waals surface area contributed by atoms with Gasteiger partial charge in [0.05, 0.1) is 26.5 Å². The largest absolute Gasteiger partial charge is 0.493 e. The normalized spacial score (nSPS) is 11.6. The van der Waals surface area contributed by atoms with Crippen molar-refractivity contribution in [2.24, 2.45) is 0 Å². The first-order valence-corrected chi connectivity index (χ1v) is 8.94. The average molecular weight is 380 g/mol. The molecule has 0 unspecified atom stereocenters. The number of hydrogen-bond acceptors (Lipinski definition) is 7. The van der Waals surface area contributed by atoms with Gasteiger partial charge < -0.3 is 25.2 Å². The maximum atomic E-state index is 9.33. The van der Waals surface area contributed by atoms with Crippen molar-refractivity contribution < 1.29 is 14.6 Å². The number of aliphatic hydroxyl groups is 1. The first-order valence-electron chi connectivity index (χ1n) is 8.94. The second kappa shape index (κ2) is 9.05. The van der Waals surface area contributed by atoms with Crippen LogP contribution in [-0.4, -0.2) is 41.9 Å². The molecule has 0 saturated heterocycles. The lowest BCUT2D eigenvalue weighted by atomic mass is 10.1. The standard InChI is InChI=1S/C21H24N4O3/c1-14(13-26)22-21-24-17(15-7-5-4-6-8-15)12-20(25-21)23-16-9-10-18(27-2)19(11-16)28-3/h4-12,14,26H,13H2,1-3H3,(H2,22,23,24,25)/t14-/m0/s1. The van der Waals surface area contributed by atoms with Gasteiger partial charge in [0.2, 0.25) is 5.95 Å². The third kappa shape index (κ3) is 4.69. The van der Waals surface area contributed by atoms with Crippen LogP contribution in [0.1, 0.15) is 6.92 Å². The molecule has 0 radical (unpaired) electrons. The van der Waals surface area contributed by atoms with Gasteiger partial charge in [-0.3, -0.25) is 0 Å². The molecule has 0 amide bonds. The van der Waals surface area contributed by atoms with Crippen LogP contribution in [0, 0.1) is 0 Å². The molecule has 0 bridgehead atoms. The third-order valence-corrected chi connectivity index (χ3v) is 4.10. The predicted octanol–water partition coefficient (Wildman–Crippen LogP) is 3.70. The van der Waals surface area contributed by atoms with E-state index < -0.39 is 0 Å². The fraction of sp³-hybridized carbons (Fsp3) is 0.238. The van der Waals surface area contributed by atoms with E-state index in [0.29, 0.717) is 23.3 Å². The molecule has 1 heterocycles. The number of benzene rings is 2. The molecular formula is C21H24N4O3. The molecule has 0 fully saturated rings. The summed E-state index contributed by atoms with van der Waals surface area (Å²) in [6.45, 7) is 1.84. The lowest BCUT2D eigenvalue weighted by Crippen LogP contribution is -2.21. The summed E-state index contributed by atoms with van der Waals surface area (Å²) in [6, 6.07) is 17.1. The van der Waals surface area contributed by atoms with Gasteiger partial charge in [0.25, 0.3) is 0 Å². The molecule has 0 saturated carbocycles. The molecule has 3 N–H and O–H groups in total. The number of rotatable bonds is 8. The molecular weight excluding hydrogens is 356 g/mol. The maximum absolute atomic E-state index is 9.33. The van der Waals surface area contributed by atoms with Crippen LogP contribution in [0.3, 0.4) is 0 Å². The zero-order valence-corrected chi connectivity index (χ0v) is 16.1. The molecule has 0 aliphatic rings. The Bertz CT molecular complexity index is 919. The molecule has 0 aliphatic heterocycles. The third-order valence-electron chi connectivity index (χ3n) is 4.10. The Kier molecular flexibility index (Phi) is 6.29. The van der Waals surface area contributed by atoms with Crippen LogP contribution in [0.25, 0.3) is 11.3 Å². The van der Waals surface area contributed by atoms with Crippen LogP contribution in [0.2, 0.25) is 0 Å². The van der Waals surface area contributed by atoms with Crippen molar-refractivity contribution in [1.29, 1.82) is 0 Å². The second-order valence-electron chi connectivity index (χ2n) is 6.25. The van der Waals surface area contributed by atoms with Gasteiger partial charge >= 0.3 is 0 Å². The Morgan fingerprint density at radius 3 is 2.39 bits per heavy atom. The maximum Gasteiger partial charge on any atom is 0.225 e. The molecule has 0 spiro atoms. The summed E-state index contributed by atoms with van der Waals surface area (Å²) in [4.78, 5) is 9.10. The van der Waals surface area contributed by atoms with E-state index in [1.807, 2.05) is 61.5 Å². The van der Waals surface area contributed by atoms with Crippen LogP contribution >= 0.6 is 0 Å². The predicted molar refractivity (Wildman–Crippen MR) is 110 cm³/mol. The molecule has 28 heavy (non-hydrogen) atoms. The fourth-order valence-electron chi connectivity index (χ4n) is 2.66. The number of methoxy groups -OCH3 is 2. The molecule has 3 rings (SSSR count). The first-order chi connectivity index (χ1) is 13.6. The summed E-state index contributed by atoms with van der Waals surface area (Å²) in [5, 5.41) is 15.7. The summed E-state index contributed by atoms with van der Waals surface area (Å²) in [5.41, 5.74) is 2.54. The van der Waals surface area contributed by atoms with Gasteiger partial charge in [-0.05, 0) is 19.1 Å². The number of aliphatic hydroxyl groups excluding tert-OH is 1. The summed E-state index contributed by atoms with van der Waals surface area (Å²) in [6.07, 6.45) is 0. The van der Waals surface area contributed by atoms with Crippen LogP contribution in [-0.2, 0) is 0 Å². The monoisotopic (exact) mass is 380 g/mol. The zero-order valence-electron chi connectivity index (χ0n) is 16.1. The van der Waals surface area contributed by atoms with Gasteiger partial charge in [0.15, 0.2) is 11.5 Å². The van der Waals surface area contributed by atoms with Gasteiger partial charge in [0, 0.05) is 29.4 Å². The smallest absolute Gasteiger partial charge is 0.225 e. The summed E-state index contributed by atoms with van der Waals surface area (Å²) < 4.78 is 10.6. The SMILES string of the molecule is COc1ccc(Nc2cc(-c3ccccc3)nc(N[C@@H](C)CO)n2)cc1OC. The summed E-state index contributed by atoms with van der Waals surface area (Å²) in [5.74, 6) is 2.33. The highest BCUT2D eigenvalue weighted by atomic mass is 16.5. The summed E-state index contributed by atoms with van der Waals surface area (Å²) in [7, 11) is 3.19. The van der Waals surface area contributed by atoms with Crippen molar-refractivity contribution in [1.82, 2.24) is 9.97 Å². The Morgan fingerprint density at radius 1 is 0.964 bits per heavy atom. The lowest BCUT2D eigenvalue weighted by molar-refractivity contribution is 0.281. The van der Waals surface area contributed by atoms with E-state index in [4.69, 9.17) is 9.47 Å². The van der Waals surface area contributed by atoms with Crippen molar-refractivity contribution >= 4 is 17.5 Å². The number of aromatic nitrogens is 2. The highest BCUT2D eigenvalue weighted by molar-refractivity contribution is 5.68. The molecule has 1 atom stereocenters. The second-order valence-corrected chi connectivity index (χ2v) is 6.25. The highest BCUT2D eigenvalue weighted by Crippen LogP contribution is 2.31.